The summed E-state index contributed by atoms with van der Waals surface area (Å²) < 4.78 is 0. The van der Waals surface area contributed by atoms with Crippen LogP contribution >= 0.6 is 0 Å². The molecule has 0 radical (unpaired) electrons. The second kappa shape index (κ2) is 19.1. The van der Waals surface area contributed by atoms with Crippen LogP contribution in [0.4, 0.5) is 0 Å². The van der Waals surface area contributed by atoms with Gasteiger partial charge in [0.25, 0.3) is 0 Å². The van der Waals surface area contributed by atoms with Crippen molar-refractivity contribution in [2.75, 3.05) is 26.2 Å². The standard InChI is InChI=1S/C33H56N2/c1-2-6-10-14-18-26-34-28-21-25-33(31-34)23-17-13-9-5-3-7-11-15-19-27-35-29-20-24-32(30-35)22-16-12-8-4-1/h20-21,24-25,30-31H,1-19,22-23,26-29H2/p+2. The molecule has 0 saturated carbocycles. The van der Waals surface area contributed by atoms with Crippen LogP contribution in [0.3, 0.4) is 0 Å². The lowest BCUT2D eigenvalue weighted by Crippen LogP contribution is -3.07. The minimum Gasteiger partial charge on any atom is -0.305 e. The van der Waals surface area contributed by atoms with E-state index in [2.05, 4.69) is 36.7 Å². The third kappa shape index (κ3) is 13.7. The molecular formula is C33H58N2+2. The molecule has 3 aliphatic rings. The fourth-order valence-electron chi connectivity index (χ4n) is 6.14. The van der Waals surface area contributed by atoms with E-state index in [1.807, 2.05) is 0 Å². The first-order chi connectivity index (χ1) is 17.4. The highest BCUT2D eigenvalue weighted by molar-refractivity contribution is 5.18. The predicted octanol–water partition coefficient (Wildman–Crippen LogP) is 6.87. The molecule has 0 fully saturated rings. The average Bonchev–Trinajstić information content (AvgIpc) is 2.88. The maximum absolute atomic E-state index is 2.55. The minimum absolute atomic E-state index is 1.20. The Labute approximate surface area is 218 Å². The largest absolute Gasteiger partial charge is 0.305 e. The molecule has 3 aliphatic heterocycles. The number of hydrogen-bond donors (Lipinski definition) is 2. The number of fused-ring (bicyclic) bond motifs is 2. The molecule has 2 heteroatoms. The van der Waals surface area contributed by atoms with E-state index in [0.29, 0.717) is 0 Å². The fraction of sp³-hybridized carbons (Fsp3) is 0.758. The van der Waals surface area contributed by atoms with Gasteiger partial charge in [-0.15, -0.1) is 0 Å². The summed E-state index contributed by atoms with van der Waals surface area (Å²) in [6.07, 6.45) is 44.5. The molecule has 3 heterocycles. The molecule has 0 aromatic rings. The lowest BCUT2D eigenvalue weighted by Gasteiger charge is -2.18. The van der Waals surface area contributed by atoms with Gasteiger partial charge in [0.15, 0.2) is 0 Å². The van der Waals surface area contributed by atoms with Gasteiger partial charge in [-0.1, -0.05) is 95.6 Å². The average molecular weight is 483 g/mol. The maximum atomic E-state index is 2.55. The van der Waals surface area contributed by atoms with Crippen molar-refractivity contribution in [2.45, 2.75) is 135 Å². The van der Waals surface area contributed by atoms with Crippen LogP contribution in [0.1, 0.15) is 135 Å². The van der Waals surface area contributed by atoms with Crippen LogP contribution < -0.4 is 9.80 Å². The Hall–Kier alpha value is -1.12. The van der Waals surface area contributed by atoms with Crippen molar-refractivity contribution in [3.63, 3.8) is 0 Å². The summed E-state index contributed by atoms with van der Waals surface area (Å²) in [6.45, 7) is 5.07. The molecule has 4 bridgehead atoms. The molecule has 0 amide bonds. The van der Waals surface area contributed by atoms with Crippen LogP contribution in [0, 0.1) is 0 Å². The third-order valence-corrected chi connectivity index (χ3v) is 8.38. The van der Waals surface area contributed by atoms with Crippen LogP contribution in [0.5, 0.6) is 0 Å². The summed E-state index contributed by atoms with van der Waals surface area (Å²) in [4.78, 5) is 3.39. The van der Waals surface area contributed by atoms with Gasteiger partial charge >= 0.3 is 0 Å². The molecule has 35 heavy (non-hydrogen) atoms. The lowest BCUT2D eigenvalue weighted by molar-refractivity contribution is -0.842. The van der Waals surface area contributed by atoms with Crippen molar-refractivity contribution in [2.24, 2.45) is 0 Å². The summed E-state index contributed by atoms with van der Waals surface area (Å²) in [5.74, 6) is 0. The second-order valence-corrected chi connectivity index (χ2v) is 11.7. The van der Waals surface area contributed by atoms with Crippen LogP contribution in [-0.4, -0.2) is 26.2 Å². The van der Waals surface area contributed by atoms with Gasteiger partial charge < -0.3 is 9.80 Å². The van der Waals surface area contributed by atoms with Crippen molar-refractivity contribution < 1.29 is 9.80 Å². The first-order valence-corrected chi connectivity index (χ1v) is 15.8. The Morgan fingerprint density at radius 3 is 1.06 bits per heavy atom. The topological polar surface area (TPSA) is 8.88 Å². The zero-order chi connectivity index (χ0) is 24.2. The molecule has 2 N–H and O–H groups in total. The molecule has 0 aromatic heterocycles. The SMILES string of the molecule is C1=CC2=C[NH+](C1)CCCCCCCCCCCCC1=C[NH+](CC=C1)CCCCCCCCCCC2. The molecule has 0 saturated heterocycles. The Morgan fingerprint density at radius 1 is 0.371 bits per heavy atom. The van der Waals surface area contributed by atoms with Gasteiger partial charge in [-0.05, 0) is 63.5 Å². The molecule has 2 unspecified atom stereocenters. The summed E-state index contributed by atoms with van der Waals surface area (Å²) in [5.41, 5.74) is 3.20. The van der Waals surface area contributed by atoms with Crippen LogP contribution in [-0.2, 0) is 0 Å². The number of hydrogen-bond acceptors (Lipinski definition) is 0. The maximum Gasteiger partial charge on any atom is 0.100 e. The second-order valence-electron chi connectivity index (χ2n) is 11.7. The Morgan fingerprint density at radius 2 is 0.686 bits per heavy atom. The monoisotopic (exact) mass is 482 g/mol. The van der Waals surface area contributed by atoms with E-state index >= 15 is 0 Å². The van der Waals surface area contributed by atoms with Crippen LogP contribution in [0.25, 0.3) is 0 Å². The minimum atomic E-state index is 1.20. The van der Waals surface area contributed by atoms with Gasteiger partial charge in [-0.2, -0.15) is 0 Å². The number of rotatable bonds is 0. The first-order valence-electron chi connectivity index (χ1n) is 15.8. The Kier molecular flexibility index (Phi) is 15.5. The molecule has 198 valence electrons. The van der Waals surface area contributed by atoms with Gasteiger partial charge in [-0.25, -0.2) is 0 Å². The summed E-state index contributed by atoms with van der Waals surface area (Å²) in [5, 5.41) is 0. The predicted molar refractivity (Wildman–Crippen MR) is 153 cm³/mol. The zero-order valence-corrected chi connectivity index (χ0v) is 23.1. The Balaban J connectivity index is 1.34. The molecular weight excluding hydrogens is 424 g/mol. The van der Waals surface area contributed by atoms with Crippen LogP contribution in [0.2, 0.25) is 0 Å². The molecule has 0 aromatic carbocycles. The number of allylic oxidation sites excluding steroid dienone is 4. The molecule has 2 atom stereocenters. The fourth-order valence-corrected chi connectivity index (χ4v) is 6.14. The molecule has 3 rings (SSSR count). The number of quaternary nitrogens is 2. The van der Waals surface area contributed by atoms with E-state index < -0.39 is 0 Å². The molecule has 2 nitrogen and oxygen atoms in total. The van der Waals surface area contributed by atoms with Crippen molar-refractivity contribution in [1.82, 2.24) is 0 Å². The van der Waals surface area contributed by atoms with E-state index in [4.69, 9.17) is 0 Å². The summed E-state index contributed by atoms with van der Waals surface area (Å²) in [7, 11) is 0. The molecule has 0 spiro atoms. The number of nitrogens with one attached hydrogen (secondary N) is 2. The van der Waals surface area contributed by atoms with Crippen molar-refractivity contribution >= 4 is 0 Å². The van der Waals surface area contributed by atoms with Gasteiger partial charge in [-0.3, -0.25) is 0 Å². The first kappa shape index (κ1) is 28.5. The Bertz CT molecular complexity index is 656. The normalized spacial score (nSPS) is 28.1. The van der Waals surface area contributed by atoms with Crippen molar-refractivity contribution in [3.8, 4) is 0 Å². The highest BCUT2D eigenvalue weighted by atomic mass is 15.1. The van der Waals surface area contributed by atoms with E-state index in [-0.39, 0.29) is 0 Å². The summed E-state index contributed by atoms with van der Waals surface area (Å²) >= 11 is 0. The highest BCUT2D eigenvalue weighted by Gasteiger charge is 2.11. The van der Waals surface area contributed by atoms with Gasteiger partial charge in [0, 0.05) is 11.1 Å². The lowest BCUT2D eigenvalue weighted by atomic mass is 10.0. The van der Waals surface area contributed by atoms with Gasteiger partial charge in [0.05, 0.1) is 25.5 Å². The molecule has 0 aliphatic carbocycles. The van der Waals surface area contributed by atoms with Crippen molar-refractivity contribution in [3.05, 3.63) is 47.9 Å². The van der Waals surface area contributed by atoms with E-state index in [9.17, 15) is 0 Å². The van der Waals surface area contributed by atoms with E-state index in [1.54, 1.807) is 20.9 Å². The van der Waals surface area contributed by atoms with Gasteiger partial charge in [0.1, 0.15) is 13.1 Å². The highest BCUT2D eigenvalue weighted by Crippen LogP contribution is 2.16. The van der Waals surface area contributed by atoms with Gasteiger partial charge in [0.2, 0.25) is 0 Å². The summed E-state index contributed by atoms with van der Waals surface area (Å²) in [6, 6.07) is 0. The zero-order valence-electron chi connectivity index (χ0n) is 23.1. The quantitative estimate of drug-likeness (QED) is 0.373. The van der Waals surface area contributed by atoms with E-state index in [0.717, 1.165) is 0 Å². The van der Waals surface area contributed by atoms with Crippen LogP contribution in [0.15, 0.2) is 47.9 Å². The van der Waals surface area contributed by atoms with Crippen molar-refractivity contribution in [1.29, 1.82) is 0 Å². The van der Waals surface area contributed by atoms with E-state index in [1.165, 1.54) is 161 Å². The smallest absolute Gasteiger partial charge is 0.100 e. The third-order valence-electron chi connectivity index (χ3n) is 8.38.